The smallest absolute Gasteiger partial charge is 0.170 e. The molecule has 29 heavy (non-hydrogen) atoms. The zero-order chi connectivity index (χ0) is 20.6. The van der Waals surface area contributed by atoms with E-state index < -0.39 is 0 Å². The highest BCUT2D eigenvalue weighted by atomic mass is 35.5. The van der Waals surface area contributed by atoms with Crippen LogP contribution in [-0.4, -0.2) is 10.1 Å². The fourth-order valence-corrected chi connectivity index (χ4v) is 2.80. The number of pyridine rings is 1. The van der Waals surface area contributed by atoms with Crippen molar-refractivity contribution in [3.05, 3.63) is 101 Å². The van der Waals surface area contributed by atoms with Crippen LogP contribution in [0.1, 0.15) is 23.7 Å². The molecule has 0 aliphatic rings. The van der Waals surface area contributed by atoms with Gasteiger partial charge in [0.1, 0.15) is 12.4 Å². The van der Waals surface area contributed by atoms with Gasteiger partial charge in [0.05, 0.1) is 22.0 Å². The zero-order valence-corrected chi connectivity index (χ0v) is 16.9. The van der Waals surface area contributed by atoms with E-state index in [9.17, 15) is 0 Å². The van der Waals surface area contributed by atoms with Crippen LogP contribution in [0.5, 0.6) is 0 Å². The summed E-state index contributed by atoms with van der Waals surface area (Å²) in [5.74, 6) is 1.74. The van der Waals surface area contributed by atoms with Gasteiger partial charge in [0, 0.05) is 18.7 Å². The molecule has 0 fully saturated rings. The van der Waals surface area contributed by atoms with Crippen molar-refractivity contribution < 1.29 is 9.26 Å². The van der Waals surface area contributed by atoms with Gasteiger partial charge in [-0.15, -0.1) is 0 Å². The quantitative estimate of drug-likeness (QED) is 0.381. The number of nitrogen functional groups attached to an aromatic ring is 1. The zero-order valence-electron chi connectivity index (χ0n) is 16.1. The van der Waals surface area contributed by atoms with Gasteiger partial charge in [-0.3, -0.25) is 0 Å². The van der Waals surface area contributed by atoms with Crippen molar-refractivity contribution >= 4 is 17.4 Å². The summed E-state index contributed by atoms with van der Waals surface area (Å²) in [5.41, 5.74) is 9.55. The number of benzene rings is 1. The van der Waals surface area contributed by atoms with Gasteiger partial charge in [0.2, 0.25) is 0 Å². The van der Waals surface area contributed by atoms with Crippen molar-refractivity contribution in [1.82, 2.24) is 10.1 Å². The van der Waals surface area contributed by atoms with Gasteiger partial charge in [-0.2, -0.15) is 0 Å². The van der Waals surface area contributed by atoms with Crippen LogP contribution in [0.15, 0.2) is 83.8 Å². The Morgan fingerprint density at radius 1 is 1.21 bits per heavy atom. The molecule has 5 nitrogen and oxygen atoms in total. The molecule has 0 atom stereocenters. The highest BCUT2D eigenvalue weighted by molar-refractivity contribution is 6.30. The van der Waals surface area contributed by atoms with Crippen LogP contribution in [-0.2, 0) is 17.8 Å². The lowest BCUT2D eigenvalue weighted by Crippen LogP contribution is -1.93. The molecule has 2 aromatic heterocycles. The Labute approximate surface area is 175 Å². The minimum absolute atomic E-state index is 0.353. The molecule has 0 aliphatic heterocycles. The molecular weight excluding hydrogens is 386 g/mol. The Kier molecular flexibility index (Phi) is 6.87. The highest BCUT2D eigenvalue weighted by Gasteiger charge is 2.12. The number of hydrogen-bond donors (Lipinski definition) is 1. The molecule has 0 amide bonds. The first-order valence-corrected chi connectivity index (χ1v) is 9.46. The SMILES string of the molecule is C=C/C=C\C=C(/C)OCc1ccc(Cc2cc(-c3cc(Cl)cnc3N)on2)cc1. The molecule has 2 heterocycles. The number of hydrogen-bond acceptors (Lipinski definition) is 5. The molecule has 0 saturated carbocycles. The van der Waals surface area contributed by atoms with Crippen LogP contribution in [0.25, 0.3) is 11.3 Å². The summed E-state index contributed by atoms with van der Waals surface area (Å²) in [6, 6.07) is 11.8. The van der Waals surface area contributed by atoms with Gasteiger partial charge in [-0.25, -0.2) is 4.98 Å². The Morgan fingerprint density at radius 3 is 2.72 bits per heavy atom. The van der Waals surface area contributed by atoms with Crippen LogP contribution < -0.4 is 5.73 Å². The number of nitrogens with two attached hydrogens (primary N) is 1. The summed E-state index contributed by atoms with van der Waals surface area (Å²) in [6.07, 6.45) is 9.52. The van der Waals surface area contributed by atoms with E-state index in [0.29, 0.717) is 35.2 Å². The van der Waals surface area contributed by atoms with Gasteiger partial charge in [-0.05, 0) is 30.2 Å². The summed E-state index contributed by atoms with van der Waals surface area (Å²) in [7, 11) is 0. The summed E-state index contributed by atoms with van der Waals surface area (Å²) in [5, 5.41) is 4.62. The summed E-state index contributed by atoms with van der Waals surface area (Å²) in [6.45, 7) is 6.07. The number of halogens is 1. The van der Waals surface area contributed by atoms with E-state index in [1.54, 1.807) is 12.1 Å². The van der Waals surface area contributed by atoms with Gasteiger partial charge < -0.3 is 15.0 Å². The fraction of sp³-hybridized carbons (Fsp3) is 0.130. The second-order valence-electron chi connectivity index (χ2n) is 6.45. The third-order valence-corrected chi connectivity index (χ3v) is 4.37. The second-order valence-corrected chi connectivity index (χ2v) is 6.89. The van der Waals surface area contributed by atoms with E-state index in [-0.39, 0.29) is 0 Å². The molecular formula is C23H22ClN3O2. The molecule has 0 bridgehead atoms. The lowest BCUT2D eigenvalue weighted by Gasteiger charge is -2.06. The van der Waals surface area contributed by atoms with Crippen molar-refractivity contribution in [2.75, 3.05) is 5.73 Å². The molecule has 0 saturated heterocycles. The first-order valence-electron chi connectivity index (χ1n) is 9.08. The van der Waals surface area contributed by atoms with Gasteiger partial charge in [-0.1, -0.05) is 65.8 Å². The molecule has 1 aromatic carbocycles. The standard InChI is InChI=1S/C23H22ClN3O2/c1-3-4-5-6-16(2)28-15-18-9-7-17(8-10-18)11-20-13-22(29-27-20)21-12-19(24)14-26-23(21)25/h3-10,12-14H,1,11,15H2,2H3,(H2,25,26)/b5-4-,16-6+. The summed E-state index contributed by atoms with van der Waals surface area (Å²) < 4.78 is 11.1. The van der Waals surface area contributed by atoms with Crippen molar-refractivity contribution in [2.45, 2.75) is 20.0 Å². The number of rotatable bonds is 8. The summed E-state index contributed by atoms with van der Waals surface area (Å²) >= 11 is 5.99. The molecule has 148 valence electrons. The van der Waals surface area contributed by atoms with Crippen molar-refractivity contribution in [3.63, 3.8) is 0 Å². The van der Waals surface area contributed by atoms with Crippen LogP contribution in [0.4, 0.5) is 5.82 Å². The molecule has 0 unspecified atom stereocenters. The third-order valence-electron chi connectivity index (χ3n) is 4.16. The van der Waals surface area contributed by atoms with Crippen molar-refractivity contribution in [1.29, 1.82) is 0 Å². The minimum atomic E-state index is 0.353. The third kappa shape index (κ3) is 5.83. The van der Waals surface area contributed by atoms with E-state index in [4.69, 9.17) is 26.6 Å². The highest BCUT2D eigenvalue weighted by Crippen LogP contribution is 2.28. The monoisotopic (exact) mass is 407 g/mol. The maximum atomic E-state index is 5.99. The number of aromatic nitrogens is 2. The van der Waals surface area contributed by atoms with Crippen LogP contribution in [0.3, 0.4) is 0 Å². The first-order chi connectivity index (χ1) is 14.0. The van der Waals surface area contributed by atoms with Crippen molar-refractivity contribution in [3.8, 4) is 11.3 Å². The molecule has 0 spiro atoms. The Hall–Kier alpha value is -3.31. The van der Waals surface area contributed by atoms with Crippen LogP contribution in [0, 0.1) is 0 Å². The van der Waals surface area contributed by atoms with Crippen LogP contribution >= 0.6 is 11.6 Å². The van der Waals surface area contributed by atoms with E-state index in [1.807, 2.05) is 43.4 Å². The van der Waals surface area contributed by atoms with E-state index in [2.05, 4.69) is 28.9 Å². The normalized spacial score (nSPS) is 11.7. The second kappa shape index (κ2) is 9.75. The number of anilines is 1. The molecule has 2 N–H and O–H groups in total. The molecule has 3 aromatic rings. The van der Waals surface area contributed by atoms with E-state index >= 15 is 0 Å². The van der Waals surface area contributed by atoms with E-state index in [1.165, 1.54) is 6.20 Å². The first kappa shape index (κ1) is 20.4. The molecule has 3 rings (SSSR count). The predicted octanol–water partition coefficient (Wildman–Crippen LogP) is 5.73. The lowest BCUT2D eigenvalue weighted by atomic mass is 10.1. The molecule has 0 radical (unpaired) electrons. The molecule has 6 heteroatoms. The van der Waals surface area contributed by atoms with E-state index in [0.717, 1.165) is 22.6 Å². The largest absolute Gasteiger partial charge is 0.494 e. The topological polar surface area (TPSA) is 74.2 Å². The fourth-order valence-electron chi connectivity index (χ4n) is 2.65. The Bertz CT molecular complexity index is 1040. The number of allylic oxidation sites excluding steroid dienone is 5. The summed E-state index contributed by atoms with van der Waals surface area (Å²) in [4.78, 5) is 4.04. The van der Waals surface area contributed by atoms with Gasteiger partial charge >= 0.3 is 0 Å². The Morgan fingerprint density at radius 2 is 1.97 bits per heavy atom. The average Bonchev–Trinajstić information content (AvgIpc) is 3.18. The van der Waals surface area contributed by atoms with Gasteiger partial charge in [0.25, 0.3) is 0 Å². The maximum Gasteiger partial charge on any atom is 0.170 e. The average molecular weight is 408 g/mol. The number of nitrogens with zero attached hydrogens (tertiary/aromatic N) is 2. The molecule has 0 aliphatic carbocycles. The predicted molar refractivity (Wildman–Crippen MR) is 116 cm³/mol. The van der Waals surface area contributed by atoms with Crippen LogP contribution in [0.2, 0.25) is 5.02 Å². The van der Waals surface area contributed by atoms with Crippen molar-refractivity contribution in [2.24, 2.45) is 0 Å². The lowest BCUT2D eigenvalue weighted by molar-refractivity contribution is 0.201. The van der Waals surface area contributed by atoms with Gasteiger partial charge in [0.15, 0.2) is 5.76 Å². The Balaban J connectivity index is 1.61. The number of ether oxygens (including phenoxy) is 1. The maximum absolute atomic E-state index is 5.99. The minimum Gasteiger partial charge on any atom is -0.494 e.